The molecule has 1 heterocycles. The molecule has 0 aliphatic heterocycles. The van der Waals surface area contributed by atoms with Gasteiger partial charge in [0.25, 0.3) is 5.56 Å². The van der Waals surface area contributed by atoms with Crippen LogP contribution < -0.4 is 5.56 Å². The van der Waals surface area contributed by atoms with E-state index in [9.17, 15) is 4.79 Å². The normalized spacial score (nSPS) is 11.3. The van der Waals surface area contributed by atoms with Crippen LogP contribution in [0.5, 0.6) is 0 Å². The summed E-state index contributed by atoms with van der Waals surface area (Å²) in [5, 5.41) is 12.3. The Bertz CT molecular complexity index is 926. The predicted molar refractivity (Wildman–Crippen MR) is 91.8 cm³/mol. The second-order valence-corrected chi connectivity index (χ2v) is 5.76. The largest absolute Gasteiger partial charge is 0.299 e. The summed E-state index contributed by atoms with van der Waals surface area (Å²) in [6, 6.07) is 13.9. The number of nitrogens with zero attached hydrogens (tertiary/aromatic N) is 3. The minimum Gasteiger partial charge on any atom is -0.293 e. The van der Waals surface area contributed by atoms with Gasteiger partial charge in [-0.2, -0.15) is 5.11 Å². The number of aromatic nitrogens is 2. The molecule has 23 heavy (non-hydrogen) atoms. The SMILES string of the molecule is Cc1[nH]n(-c2cccc(Cl)c2)c(=O)c1N=Nc1ccc(Cl)cc1. The highest BCUT2D eigenvalue weighted by molar-refractivity contribution is 6.31. The maximum atomic E-state index is 12.5. The fraction of sp³-hybridized carbons (Fsp3) is 0.0625. The Labute approximate surface area is 142 Å². The van der Waals surface area contributed by atoms with Gasteiger partial charge in [0.15, 0.2) is 5.69 Å². The van der Waals surface area contributed by atoms with Crippen LogP contribution in [0, 0.1) is 6.92 Å². The summed E-state index contributed by atoms with van der Waals surface area (Å²) in [5.41, 5.74) is 1.83. The van der Waals surface area contributed by atoms with Crippen LogP contribution in [0.25, 0.3) is 5.69 Å². The zero-order valence-corrected chi connectivity index (χ0v) is 13.6. The number of benzene rings is 2. The number of aromatic amines is 1. The first kappa shape index (κ1) is 15.5. The molecule has 1 N–H and O–H groups in total. The van der Waals surface area contributed by atoms with Crippen LogP contribution in [0.4, 0.5) is 11.4 Å². The lowest BCUT2D eigenvalue weighted by Crippen LogP contribution is -2.13. The molecule has 3 rings (SSSR count). The zero-order chi connectivity index (χ0) is 16.4. The Morgan fingerprint density at radius 3 is 2.43 bits per heavy atom. The molecule has 0 fully saturated rings. The molecule has 2 aromatic carbocycles. The lowest BCUT2D eigenvalue weighted by Gasteiger charge is -2.00. The van der Waals surface area contributed by atoms with E-state index < -0.39 is 0 Å². The molecule has 7 heteroatoms. The molecule has 0 radical (unpaired) electrons. The van der Waals surface area contributed by atoms with Crippen LogP contribution in [0.2, 0.25) is 10.0 Å². The lowest BCUT2D eigenvalue weighted by molar-refractivity contribution is 0.835. The highest BCUT2D eigenvalue weighted by atomic mass is 35.5. The molecule has 0 unspecified atom stereocenters. The fourth-order valence-corrected chi connectivity index (χ4v) is 2.38. The van der Waals surface area contributed by atoms with Crippen molar-refractivity contribution in [3.8, 4) is 5.69 Å². The van der Waals surface area contributed by atoms with Gasteiger partial charge in [-0.15, -0.1) is 5.11 Å². The van der Waals surface area contributed by atoms with Gasteiger partial charge in [-0.3, -0.25) is 9.89 Å². The van der Waals surface area contributed by atoms with E-state index >= 15 is 0 Å². The first-order valence-corrected chi connectivity index (χ1v) is 7.55. The van der Waals surface area contributed by atoms with Gasteiger partial charge >= 0.3 is 0 Å². The molecular formula is C16H12Cl2N4O. The van der Waals surface area contributed by atoms with Gasteiger partial charge in [0, 0.05) is 10.0 Å². The van der Waals surface area contributed by atoms with Crippen molar-refractivity contribution >= 4 is 34.6 Å². The molecule has 0 saturated carbocycles. The van der Waals surface area contributed by atoms with Crippen molar-refractivity contribution in [2.24, 2.45) is 10.2 Å². The van der Waals surface area contributed by atoms with Crippen LogP contribution >= 0.6 is 23.2 Å². The number of aryl methyl sites for hydroxylation is 1. The van der Waals surface area contributed by atoms with Crippen molar-refractivity contribution in [2.75, 3.05) is 0 Å². The number of hydrogen-bond acceptors (Lipinski definition) is 3. The molecular weight excluding hydrogens is 335 g/mol. The van der Waals surface area contributed by atoms with Crippen molar-refractivity contribution in [1.82, 2.24) is 9.78 Å². The fourth-order valence-electron chi connectivity index (χ4n) is 2.07. The van der Waals surface area contributed by atoms with Gasteiger partial charge in [-0.05, 0) is 49.4 Å². The third-order valence-corrected chi connectivity index (χ3v) is 3.69. The topological polar surface area (TPSA) is 62.5 Å². The molecule has 116 valence electrons. The molecule has 0 aliphatic carbocycles. The van der Waals surface area contributed by atoms with E-state index in [-0.39, 0.29) is 11.2 Å². The first-order valence-electron chi connectivity index (χ1n) is 6.79. The second-order valence-electron chi connectivity index (χ2n) is 4.88. The Hall–Kier alpha value is -2.37. The molecule has 3 aromatic rings. The summed E-state index contributed by atoms with van der Waals surface area (Å²) in [4.78, 5) is 12.5. The summed E-state index contributed by atoms with van der Waals surface area (Å²) in [5.74, 6) is 0. The number of azo groups is 1. The van der Waals surface area contributed by atoms with E-state index in [1.165, 1.54) is 4.68 Å². The minimum absolute atomic E-state index is 0.250. The lowest BCUT2D eigenvalue weighted by atomic mass is 10.3. The van der Waals surface area contributed by atoms with Crippen LogP contribution in [0.15, 0.2) is 63.6 Å². The van der Waals surface area contributed by atoms with Crippen molar-refractivity contribution in [2.45, 2.75) is 6.92 Å². The van der Waals surface area contributed by atoms with Crippen LogP contribution in [-0.4, -0.2) is 9.78 Å². The minimum atomic E-state index is -0.289. The molecule has 0 bridgehead atoms. The summed E-state index contributed by atoms with van der Waals surface area (Å²) < 4.78 is 1.39. The summed E-state index contributed by atoms with van der Waals surface area (Å²) >= 11 is 11.8. The van der Waals surface area contributed by atoms with Gasteiger partial charge in [0.2, 0.25) is 0 Å². The maximum Gasteiger partial charge on any atom is 0.299 e. The average Bonchev–Trinajstić information content (AvgIpc) is 2.82. The van der Waals surface area contributed by atoms with E-state index in [4.69, 9.17) is 23.2 Å². The van der Waals surface area contributed by atoms with Crippen molar-refractivity contribution in [3.05, 3.63) is 74.6 Å². The van der Waals surface area contributed by atoms with Gasteiger partial charge in [0.05, 0.1) is 17.1 Å². The molecule has 0 aliphatic rings. The number of H-pyrrole nitrogens is 1. The molecule has 0 amide bonds. The van der Waals surface area contributed by atoms with Crippen molar-refractivity contribution < 1.29 is 0 Å². The standard InChI is InChI=1S/C16H12Cl2N4O/c1-10-15(20-19-13-7-5-11(17)6-8-13)16(23)22(21-10)14-4-2-3-12(18)9-14/h2-9,21H,1H3. The molecule has 5 nitrogen and oxygen atoms in total. The number of nitrogens with one attached hydrogen (secondary N) is 1. The van der Waals surface area contributed by atoms with E-state index in [1.54, 1.807) is 55.5 Å². The Balaban J connectivity index is 1.98. The van der Waals surface area contributed by atoms with Gasteiger partial charge in [0.1, 0.15) is 0 Å². The van der Waals surface area contributed by atoms with E-state index in [0.29, 0.717) is 27.1 Å². The van der Waals surface area contributed by atoms with E-state index in [2.05, 4.69) is 15.3 Å². The zero-order valence-electron chi connectivity index (χ0n) is 12.1. The number of halogens is 2. The number of hydrogen-bond donors (Lipinski definition) is 1. The average molecular weight is 347 g/mol. The third-order valence-electron chi connectivity index (χ3n) is 3.20. The molecule has 0 atom stereocenters. The van der Waals surface area contributed by atoms with E-state index in [1.807, 2.05) is 0 Å². The quantitative estimate of drug-likeness (QED) is 0.651. The van der Waals surface area contributed by atoms with Crippen LogP contribution in [-0.2, 0) is 0 Å². The van der Waals surface area contributed by atoms with Crippen LogP contribution in [0.3, 0.4) is 0 Å². The highest BCUT2D eigenvalue weighted by Crippen LogP contribution is 2.21. The third kappa shape index (κ3) is 3.36. The summed E-state index contributed by atoms with van der Waals surface area (Å²) in [6.07, 6.45) is 0. The second kappa shape index (κ2) is 6.40. The highest BCUT2D eigenvalue weighted by Gasteiger charge is 2.12. The smallest absolute Gasteiger partial charge is 0.293 e. The Kier molecular flexibility index (Phi) is 4.32. The molecule has 1 aromatic heterocycles. The monoisotopic (exact) mass is 346 g/mol. The Morgan fingerprint density at radius 2 is 1.74 bits per heavy atom. The van der Waals surface area contributed by atoms with Gasteiger partial charge in [-0.25, -0.2) is 4.68 Å². The first-order chi connectivity index (χ1) is 11.0. The Morgan fingerprint density at radius 1 is 1.00 bits per heavy atom. The van der Waals surface area contributed by atoms with Crippen LogP contribution in [0.1, 0.15) is 5.69 Å². The van der Waals surface area contributed by atoms with Gasteiger partial charge in [-0.1, -0.05) is 29.3 Å². The maximum absolute atomic E-state index is 12.5. The molecule has 0 spiro atoms. The summed E-state index contributed by atoms with van der Waals surface area (Å²) in [6.45, 7) is 1.76. The number of rotatable bonds is 3. The van der Waals surface area contributed by atoms with Gasteiger partial charge < -0.3 is 0 Å². The predicted octanol–water partition coefficient (Wildman–Crippen LogP) is 5.20. The van der Waals surface area contributed by atoms with Crippen molar-refractivity contribution in [3.63, 3.8) is 0 Å². The summed E-state index contributed by atoms with van der Waals surface area (Å²) in [7, 11) is 0. The van der Waals surface area contributed by atoms with Crippen molar-refractivity contribution in [1.29, 1.82) is 0 Å². The van der Waals surface area contributed by atoms with E-state index in [0.717, 1.165) is 0 Å². The molecule has 0 saturated heterocycles.